The van der Waals surface area contributed by atoms with E-state index in [0.29, 0.717) is 33.0 Å². The second-order valence-electron chi connectivity index (χ2n) is 7.07. The molecule has 7 heteroatoms. The number of amides is 1. The topological polar surface area (TPSA) is 41.6 Å². The zero-order valence-electron chi connectivity index (χ0n) is 16.0. The number of fused-ring (bicyclic) bond motifs is 1. The predicted molar refractivity (Wildman–Crippen MR) is 123 cm³/mol. The Labute approximate surface area is 190 Å². The van der Waals surface area contributed by atoms with E-state index >= 15 is 0 Å². The summed E-state index contributed by atoms with van der Waals surface area (Å²) in [5.74, 6) is 0.506. The van der Waals surface area contributed by atoms with E-state index in [1.165, 1.54) is 0 Å². The van der Waals surface area contributed by atoms with Crippen molar-refractivity contribution in [1.29, 1.82) is 0 Å². The van der Waals surface area contributed by atoms with Crippen molar-refractivity contribution in [1.82, 2.24) is 0 Å². The van der Waals surface area contributed by atoms with E-state index in [4.69, 9.17) is 39.5 Å². The second kappa shape index (κ2) is 9.17. The number of hydrogen-bond acceptors (Lipinski definition) is 3. The van der Waals surface area contributed by atoms with Gasteiger partial charge in [-0.1, -0.05) is 40.9 Å². The summed E-state index contributed by atoms with van der Waals surface area (Å²) in [6, 6.07) is 18.1. The molecule has 1 N–H and O–H groups in total. The zero-order valence-corrected chi connectivity index (χ0v) is 18.3. The van der Waals surface area contributed by atoms with E-state index in [9.17, 15) is 4.79 Å². The zero-order chi connectivity index (χ0) is 21.1. The van der Waals surface area contributed by atoms with Gasteiger partial charge in [0.05, 0.1) is 0 Å². The molecule has 3 aromatic rings. The van der Waals surface area contributed by atoms with E-state index < -0.39 is 6.09 Å². The molecule has 1 heterocycles. The molecule has 0 saturated heterocycles. The molecule has 0 bridgehead atoms. The number of nitrogens with zero attached hydrogens (tertiary/aromatic N) is 1. The number of carbonyl (C=O) groups excluding carboxylic acids is 1. The van der Waals surface area contributed by atoms with Gasteiger partial charge in [-0.15, -0.1) is 0 Å². The molecule has 4 nitrogen and oxygen atoms in total. The highest BCUT2D eigenvalue weighted by molar-refractivity contribution is 6.35. The van der Waals surface area contributed by atoms with Crippen molar-refractivity contribution in [2.24, 2.45) is 0 Å². The van der Waals surface area contributed by atoms with Crippen molar-refractivity contribution in [3.05, 3.63) is 86.9 Å². The molecule has 0 spiro atoms. The van der Waals surface area contributed by atoms with E-state index in [2.05, 4.69) is 10.2 Å². The van der Waals surface area contributed by atoms with Gasteiger partial charge in [-0.2, -0.15) is 0 Å². The van der Waals surface area contributed by atoms with E-state index in [1.807, 2.05) is 30.3 Å². The van der Waals surface area contributed by atoms with Crippen LogP contribution in [0.2, 0.25) is 15.1 Å². The molecule has 0 radical (unpaired) electrons. The average molecular weight is 462 g/mol. The first-order valence-electron chi connectivity index (χ1n) is 9.54. The van der Waals surface area contributed by atoms with Crippen LogP contribution in [0.3, 0.4) is 0 Å². The van der Waals surface area contributed by atoms with Gasteiger partial charge in [0.1, 0.15) is 5.75 Å². The molecular weight excluding hydrogens is 443 g/mol. The molecule has 0 fully saturated rings. The van der Waals surface area contributed by atoms with Crippen molar-refractivity contribution in [3.63, 3.8) is 0 Å². The molecule has 0 aromatic heterocycles. The summed E-state index contributed by atoms with van der Waals surface area (Å²) >= 11 is 18.2. The third kappa shape index (κ3) is 5.01. The van der Waals surface area contributed by atoms with Gasteiger partial charge in [-0.25, -0.2) is 4.79 Å². The van der Waals surface area contributed by atoms with Gasteiger partial charge >= 0.3 is 6.09 Å². The number of carbonyl (C=O) groups is 1. The number of aryl methyl sites for hydroxylation is 1. The number of halogens is 3. The maximum Gasteiger partial charge on any atom is 0.417 e. The van der Waals surface area contributed by atoms with Gasteiger partial charge in [-0.05, 0) is 78.6 Å². The third-order valence-corrected chi connectivity index (χ3v) is 5.78. The van der Waals surface area contributed by atoms with Crippen LogP contribution in [0.1, 0.15) is 17.5 Å². The van der Waals surface area contributed by atoms with Crippen LogP contribution in [0, 0.1) is 0 Å². The molecular formula is C23H19Cl3N2O2. The van der Waals surface area contributed by atoms with Gasteiger partial charge in [0.15, 0.2) is 0 Å². The van der Waals surface area contributed by atoms with Crippen LogP contribution >= 0.6 is 34.8 Å². The molecule has 0 saturated carbocycles. The maximum atomic E-state index is 12.2. The predicted octanol–water partition coefficient (Wildman–Crippen LogP) is 7.21. The quantitative estimate of drug-likeness (QED) is 0.446. The summed E-state index contributed by atoms with van der Waals surface area (Å²) in [5, 5.41) is 4.59. The Kier molecular flexibility index (Phi) is 6.38. The second-order valence-corrected chi connectivity index (χ2v) is 8.35. The normalized spacial score (nSPS) is 13.0. The van der Waals surface area contributed by atoms with Crippen molar-refractivity contribution < 1.29 is 9.53 Å². The van der Waals surface area contributed by atoms with Crippen LogP contribution < -0.4 is 15.0 Å². The Morgan fingerprint density at radius 2 is 1.73 bits per heavy atom. The maximum absolute atomic E-state index is 12.2. The van der Waals surface area contributed by atoms with Crippen LogP contribution in [0.25, 0.3) is 0 Å². The number of benzene rings is 3. The number of anilines is 2. The number of hydrogen-bond donors (Lipinski definition) is 1. The Morgan fingerprint density at radius 1 is 0.967 bits per heavy atom. The molecule has 1 amide bonds. The molecule has 0 aliphatic carbocycles. The minimum Gasteiger partial charge on any atom is -0.410 e. The van der Waals surface area contributed by atoms with Crippen LogP contribution in [-0.4, -0.2) is 12.6 Å². The Morgan fingerprint density at radius 3 is 2.50 bits per heavy atom. The number of ether oxygens (including phenoxy) is 1. The average Bonchev–Trinajstić information content (AvgIpc) is 2.72. The molecule has 0 unspecified atom stereocenters. The minimum atomic E-state index is -0.544. The van der Waals surface area contributed by atoms with E-state index in [0.717, 1.165) is 36.2 Å². The summed E-state index contributed by atoms with van der Waals surface area (Å²) < 4.78 is 5.46. The lowest BCUT2D eigenvalue weighted by Gasteiger charge is -2.32. The van der Waals surface area contributed by atoms with Crippen molar-refractivity contribution in [3.8, 4) is 5.75 Å². The third-order valence-electron chi connectivity index (χ3n) is 4.94. The van der Waals surface area contributed by atoms with E-state index in [1.54, 1.807) is 30.3 Å². The van der Waals surface area contributed by atoms with Crippen LogP contribution in [-0.2, 0) is 13.0 Å². The first-order valence-corrected chi connectivity index (χ1v) is 10.7. The lowest BCUT2D eigenvalue weighted by atomic mass is 10.0. The van der Waals surface area contributed by atoms with Crippen molar-refractivity contribution >= 4 is 52.3 Å². The largest absolute Gasteiger partial charge is 0.417 e. The summed E-state index contributed by atoms with van der Waals surface area (Å²) in [6.07, 6.45) is 1.40. The fraction of sp³-hybridized carbons (Fsp3) is 0.174. The van der Waals surface area contributed by atoms with E-state index in [-0.39, 0.29) is 0 Å². The van der Waals surface area contributed by atoms with Gasteiger partial charge in [0.25, 0.3) is 0 Å². The highest BCUT2D eigenvalue weighted by Crippen LogP contribution is 2.33. The fourth-order valence-electron chi connectivity index (χ4n) is 3.52. The number of nitrogens with one attached hydrogen (secondary N) is 1. The Bertz CT molecular complexity index is 1070. The van der Waals surface area contributed by atoms with Gasteiger partial charge in [0, 0.05) is 39.5 Å². The Balaban J connectivity index is 1.46. The molecule has 1 aliphatic heterocycles. The molecule has 4 rings (SSSR count). The van der Waals surface area contributed by atoms with Crippen LogP contribution in [0.4, 0.5) is 16.2 Å². The summed E-state index contributed by atoms with van der Waals surface area (Å²) in [6.45, 7) is 1.63. The lowest BCUT2D eigenvalue weighted by Crippen LogP contribution is -2.29. The SMILES string of the molecule is O=C(Nc1ccc(Cl)cc1)Oc1ccc2c(c1)CCCN2Cc1ccc(Cl)cc1Cl. The minimum absolute atomic E-state index is 0.506. The van der Waals surface area contributed by atoms with Crippen LogP contribution in [0.15, 0.2) is 60.7 Å². The highest BCUT2D eigenvalue weighted by Gasteiger charge is 2.19. The van der Waals surface area contributed by atoms with Gasteiger partial charge in [0.2, 0.25) is 0 Å². The van der Waals surface area contributed by atoms with Crippen LogP contribution in [0.5, 0.6) is 5.75 Å². The van der Waals surface area contributed by atoms with Crippen molar-refractivity contribution in [2.45, 2.75) is 19.4 Å². The van der Waals surface area contributed by atoms with Gasteiger partial charge < -0.3 is 9.64 Å². The summed E-state index contributed by atoms with van der Waals surface area (Å²) in [7, 11) is 0. The first kappa shape index (κ1) is 20.9. The Hall–Kier alpha value is -2.40. The lowest BCUT2D eigenvalue weighted by molar-refractivity contribution is 0.215. The molecule has 1 aliphatic rings. The molecule has 3 aromatic carbocycles. The monoisotopic (exact) mass is 460 g/mol. The number of rotatable bonds is 4. The smallest absolute Gasteiger partial charge is 0.410 e. The molecule has 0 atom stereocenters. The van der Waals surface area contributed by atoms with Gasteiger partial charge in [-0.3, -0.25) is 5.32 Å². The van der Waals surface area contributed by atoms with Crippen molar-refractivity contribution in [2.75, 3.05) is 16.8 Å². The summed E-state index contributed by atoms with van der Waals surface area (Å²) in [5.41, 5.74) is 3.91. The fourth-order valence-corrected chi connectivity index (χ4v) is 4.11. The first-order chi connectivity index (χ1) is 14.5. The highest BCUT2D eigenvalue weighted by atomic mass is 35.5. The standard InChI is InChI=1S/C23H19Cl3N2O2/c24-17-5-7-19(8-6-17)27-23(29)30-20-9-10-22-15(12-20)2-1-11-28(22)14-16-3-4-18(25)13-21(16)26/h3-10,12-13H,1-2,11,14H2,(H,27,29). The molecule has 30 heavy (non-hydrogen) atoms. The summed E-state index contributed by atoms with van der Waals surface area (Å²) in [4.78, 5) is 14.5. The molecule has 154 valence electrons.